The summed E-state index contributed by atoms with van der Waals surface area (Å²) in [5, 5.41) is 2.75. The molecule has 0 aliphatic heterocycles. The molecule has 0 bridgehead atoms. The van der Waals surface area contributed by atoms with E-state index in [0.717, 1.165) is 0 Å². The maximum Gasteiger partial charge on any atom is 0.307 e. The Balaban J connectivity index is 1.80. The highest BCUT2D eigenvalue weighted by Crippen LogP contribution is 2.28. The number of sulfonamides is 1. The monoisotopic (exact) mass is 464 g/mol. The summed E-state index contributed by atoms with van der Waals surface area (Å²) in [6.45, 7) is -0.790. The topological polar surface area (TPSA) is 102 Å². The maximum atomic E-state index is 12.2. The molecule has 0 heterocycles. The predicted octanol–water partition coefficient (Wildman–Crippen LogP) is 3.50. The molecule has 0 unspecified atom stereocenters. The third-order valence-electron chi connectivity index (χ3n) is 3.32. The van der Waals surface area contributed by atoms with Crippen molar-refractivity contribution in [2.75, 3.05) is 18.5 Å². The average Bonchev–Trinajstić information content (AvgIpc) is 2.61. The molecular weight excluding hydrogens is 451 g/mol. The molecule has 7 nitrogen and oxygen atoms in total. The fraction of sp³-hybridized carbons (Fsp3) is 0.176. The molecule has 0 aliphatic rings. The Bertz CT molecular complexity index is 962. The van der Waals surface area contributed by atoms with Gasteiger partial charge in [-0.05, 0) is 24.3 Å². The lowest BCUT2D eigenvalue weighted by Crippen LogP contribution is -2.28. The summed E-state index contributed by atoms with van der Waals surface area (Å²) in [5.41, 5.74) is 0.384. The van der Waals surface area contributed by atoms with Gasteiger partial charge in [0.05, 0.1) is 27.2 Å². The average molecular weight is 466 g/mol. The first-order chi connectivity index (χ1) is 13.2. The summed E-state index contributed by atoms with van der Waals surface area (Å²) in [5.74, 6) is -1.34. The normalized spacial score (nSPS) is 11.1. The molecule has 0 aromatic heterocycles. The standard InChI is InChI=1S/C17H15Cl3N2O5S/c18-11-4-1-2-7-14(11)22-15(23)10-27-16(24)8-9-21-28(25,26)17-12(19)5-3-6-13(17)20/h1-7,21H,8-10H2,(H,22,23). The van der Waals surface area contributed by atoms with Gasteiger partial charge in [0.25, 0.3) is 5.91 Å². The van der Waals surface area contributed by atoms with Crippen molar-refractivity contribution in [3.05, 3.63) is 57.5 Å². The highest BCUT2D eigenvalue weighted by Gasteiger charge is 2.21. The zero-order chi connectivity index (χ0) is 20.7. The minimum Gasteiger partial charge on any atom is -0.456 e. The third kappa shape index (κ3) is 6.35. The lowest BCUT2D eigenvalue weighted by atomic mass is 10.3. The van der Waals surface area contributed by atoms with Crippen molar-refractivity contribution in [3.63, 3.8) is 0 Å². The van der Waals surface area contributed by atoms with Crippen molar-refractivity contribution in [1.82, 2.24) is 4.72 Å². The molecule has 2 rings (SSSR count). The number of halogens is 3. The molecule has 0 atom stereocenters. The molecule has 1 amide bonds. The Morgan fingerprint density at radius 1 is 0.929 bits per heavy atom. The molecule has 0 aliphatic carbocycles. The zero-order valence-electron chi connectivity index (χ0n) is 14.2. The van der Waals surface area contributed by atoms with Crippen LogP contribution in [0.1, 0.15) is 6.42 Å². The van der Waals surface area contributed by atoms with E-state index in [1.807, 2.05) is 0 Å². The first kappa shape index (κ1) is 22.4. The quantitative estimate of drug-likeness (QED) is 0.581. The molecule has 2 N–H and O–H groups in total. The van der Waals surface area contributed by atoms with Gasteiger partial charge in [0.15, 0.2) is 6.61 Å². The molecule has 2 aromatic carbocycles. The fourth-order valence-corrected chi connectivity index (χ4v) is 4.42. The molecule has 0 fully saturated rings. The minimum atomic E-state index is -4.01. The number of benzene rings is 2. The number of carbonyl (C=O) groups excluding carboxylic acids is 2. The lowest BCUT2D eigenvalue weighted by Gasteiger charge is -2.10. The smallest absolute Gasteiger partial charge is 0.307 e. The summed E-state index contributed by atoms with van der Waals surface area (Å²) in [4.78, 5) is 23.2. The highest BCUT2D eigenvalue weighted by molar-refractivity contribution is 7.89. The number of hydrogen-bond donors (Lipinski definition) is 2. The summed E-state index contributed by atoms with van der Waals surface area (Å²) < 4.78 is 31.5. The van der Waals surface area contributed by atoms with E-state index in [1.54, 1.807) is 24.3 Å². The Labute approximate surface area is 177 Å². The summed E-state index contributed by atoms with van der Waals surface area (Å²) in [6, 6.07) is 10.9. The van der Waals surface area contributed by atoms with E-state index in [4.69, 9.17) is 39.5 Å². The van der Waals surface area contributed by atoms with Crippen LogP contribution in [0.2, 0.25) is 15.1 Å². The summed E-state index contributed by atoms with van der Waals surface area (Å²) in [6.07, 6.45) is -0.291. The van der Waals surface area contributed by atoms with Crippen molar-refractivity contribution in [2.45, 2.75) is 11.3 Å². The SMILES string of the molecule is O=C(COC(=O)CCNS(=O)(=O)c1c(Cl)cccc1Cl)Nc1ccccc1Cl. The molecule has 0 saturated carbocycles. The van der Waals surface area contributed by atoms with Crippen LogP contribution in [-0.4, -0.2) is 33.4 Å². The maximum absolute atomic E-state index is 12.2. The minimum absolute atomic E-state index is 0.0428. The van der Waals surface area contributed by atoms with Crippen molar-refractivity contribution >= 4 is 62.4 Å². The Hall–Kier alpha value is -1.84. The molecule has 0 saturated heterocycles. The second kappa shape index (κ2) is 10.1. The van der Waals surface area contributed by atoms with Gasteiger partial charge in [-0.3, -0.25) is 9.59 Å². The van der Waals surface area contributed by atoms with Crippen molar-refractivity contribution in [3.8, 4) is 0 Å². The number of nitrogens with one attached hydrogen (secondary N) is 2. The first-order valence-corrected chi connectivity index (χ1v) is 10.5. The number of anilines is 1. The highest BCUT2D eigenvalue weighted by atomic mass is 35.5. The van der Waals surface area contributed by atoms with Gasteiger partial charge in [0, 0.05) is 6.54 Å². The van der Waals surface area contributed by atoms with E-state index >= 15 is 0 Å². The molecule has 11 heteroatoms. The van der Waals surface area contributed by atoms with Gasteiger partial charge in [-0.25, -0.2) is 13.1 Å². The van der Waals surface area contributed by atoms with Crippen LogP contribution < -0.4 is 10.0 Å². The third-order valence-corrected chi connectivity index (χ3v) is 6.07. The van der Waals surface area contributed by atoms with E-state index < -0.39 is 28.5 Å². The van der Waals surface area contributed by atoms with Gasteiger partial charge >= 0.3 is 5.97 Å². The lowest BCUT2D eigenvalue weighted by molar-refractivity contribution is -0.147. The van der Waals surface area contributed by atoms with Crippen LogP contribution in [0.15, 0.2) is 47.4 Å². The second-order valence-corrected chi connectivity index (χ2v) is 8.31. The Morgan fingerprint density at radius 2 is 1.54 bits per heavy atom. The second-order valence-electron chi connectivity index (χ2n) is 5.39. The number of hydrogen-bond acceptors (Lipinski definition) is 5. The van der Waals surface area contributed by atoms with E-state index in [1.165, 1.54) is 18.2 Å². The van der Waals surface area contributed by atoms with Crippen LogP contribution in [0.4, 0.5) is 5.69 Å². The molecular formula is C17H15Cl3N2O5S. The van der Waals surface area contributed by atoms with E-state index in [0.29, 0.717) is 10.7 Å². The number of para-hydroxylation sites is 1. The van der Waals surface area contributed by atoms with Gasteiger partial charge < -0.3 is 10.1 Å². The molecule has 0 radical (unpaired) electrons. The van der Waals surface area contributed by atoms with E-state index in [2.05, 4.69) is 10.0 Å². The fourth-order valence-electron chi connectivity index (χ4n) is 2.07. The van der Waals surface area contributed by atoms with Gasteiger partial charge in [-0.1, -0.05) is 53.0 Å². The number of rotatable bonds is 8. The number of esters is 1. The number of amides is 1. The Kier molecular flexibility index (Phi) is 8.09. The largest absolute Gasteiger partial charge is 0.456 e. The van der Waals surface area contributed by atoms with Gasteiger partial charge in [0.2, 0.25) is 10.0 Å². The van der Waals surface area contributed by atoms with Gasteiger partial charge in [0.1, 0.15) is 4.90 Å². The molecule has 0 spiro atoms. The van der Waals surface area contributed by atoms with Crippen LogP contribution in [0, 0.1) is 0 Å². The first-order valence-electron chi connectivity index (χ1n) is 7.84. The van der Waals surface area contributed by atoms with Crippen molar-refractivity contribution < 1.29 is 22.7 Å². The van der Waals surface area contributed by atoms with Gasteiger partial charge in [-0.2, -0.15) is 0 Å². The zero-order valence-corrected chi connectivity index (χ0v) is 17.3. The van der Waals surface area contributed by atoms with Crippen LogP contribution in [0.5, 0.6) is 0 Å². The van der Waals surface area contributed by atoms with Crippen LogP contribution in [0.3, 0.4) is 0 Å². The van der Waals surface area contributed by atoms with E-state index in [9.17, 15) is 18.0 Å². The number of ether oxygens (including phenoxy) is 1. The van der Waals surface area contributed by atoms with Crippen molar-refractivity contribution in [2.24, 2.45) is 0 Å². The van der Waals surface area contributed by atoms with E-state index in [-0.39, 0.29) is 27.9 Å². The van der Waals surface area contributed by atoms with Crippen LogP contribution in [0.25, 0.3) is 0 Å². The molecule has 28 heavy (non-hydrogen) atoms. The van der Waals surface area contributed by atoms with Crippen molar-refractivity contribution in [1.29, 1.82) is 0 Å². The number of carbonyl (C=O) groups is 2. The Morgan fingerprint density at radius 3 is 2.18 bits per heavy atom. The molecule has 2 aromatic rings. The van der Waals surface area contributed by atoms with Crippen LogP contribution in [-0.2, 0) is 24.3 Å². The summed E-state index contributed by atoms with van der Waals surface area (Å²) >= 11 is 17.6. The molecule has 150 valence electrons. The predicted molar refractivity (Wildman–Crippen MR) is 107 cm³/mol. The summed E-state index contributed by atoms with van der Waals surface area (Å²) in [7, 11) is -4.01. The van der Waals surface area contributed by atoms with Crippen LogP contribution >= 0.6 is 34.8 Å². The van der Waals surface area contributed by atoms with Gasteiger partial charge in [-0.15, -0.1) is 0 Å².